The highest BCUT2D eigenvalue weighted by Gasteiger charge is 2.02. The summed E-state index contributed by atoms with van der Waals surface area (Å²) in [5.74, 6) is 1.36. The molecular weight excluding hydrogens is 333 g/mol. The number of rotatable bonds is 6. The summed E-state index contributed by atoms with van der Waals surface area (Å²) < 4.78 is 0. The summed E-state index contributed by atoms with van der Waals surface area (Å²) >= 11 is 11.9. The Morgan fingerprint density at radius 1 is 1.13 bits per heavy atom. The second kappa shape index (κ2) is 9.22. The molecule has 5 nitrogen and oxygen atoms in total. The van der Waals surface area contributed by atoms with Gasteiger partial charge in [0.25, 0.3) is 0 Å². The van der Waals surface area contributed by atoms with Crippen LogP contribution < -0.4 is 16.0 Å². The molecule has 1 aromatic heterocycles. The minimum absolute atomic E-state index is 0.504. The fraction of sp³-hybridized carbons (Fsp3) is 0.250. The number of aliphatic imine (C=N–C) groups is 1. The fourth-order valence-electron chi connectivity index (χ4n) is 1.91. The van der Waals surface area contributed by atoms with E-state index in [-0.39, 0.29) is 0 Å². The van der Waals surface area contributed by atoms with Crippen LogP contribution in [-0.2, 0) is 6.54 Å². The van der Waals surface area contributed by atoms with E-state index >= 15 is 0 Å². The number of benzene rings is 1. The van der Waals surface area contributed by atoms with Crippen molar-refractivity contribution in [1.82, 2.24) is 15.6 Å². The quantitative estimate of drug-likeness (QED) is 0.425. The van der Waals surface area contributed by atoms with Crippen molar-refractivity contribution in [3.05, 3.63) is 58.2 Å². The Balaban J connectivity index is 1.71. The van der Waals surface area contributed by atoms with E-state index in [1.54, 1.807) is 19.3 Å². The molecule has 0 amide bonds. The predicted molar refractivity (Wildman–Crippen MR) is 97.4 cm³/mol. The lowest BCUT2D eigenvalue weighted by molar-refractivity contribution is 0.811. The molecule has 0 fully saturated rings. The largest absolute Gasteiger partial charge is 0.367 e. The number of pyridine rings is 1. The van der Waals surface area contributed by atoms with Gasteiger partial charge in [-0.1, -0.05) is 53.5 Å². The molecule has 0 aliphatic carbocycles. The van der Waals surface area contributed by atoms with Crippen LogP contribution in [0.15, 0.2) is 47.6 Å². The summed E-state index contributed by atoms with van der Waals surface area (Å²) in [6, 6.07) is 11.8. The molecule has 1 aromatic carbocycles. The second-order valence-corrected chi connectivity index (χ2v) is 5.59. The zero-order valence-corrected chi connectivity index (χ0v) is 14.3. The Morgan fingerprint density at radius 2 is 1.91 bits per heavy atom. The molecular formula is C16H19Cl2N5. The Hall–Kier alpha value is -1.98. The molecule has 0 unspecified atom stereocenters. The second-order valence-electron chi connectivity index (χ2n) is 4.75. The first-order valence-corrected chi connectivity index (χ1v) is 7.98. The van der Waals surface area contributed by atoms with Crippen molar-refractivity contribution in [2.24, 2.45) is 4.99 Å². The zero-order chi connectivity index (χ0) is 16.5. The highest BCUT2D eigenvalue weighted by atomic mass is 35.5. The molecule has 0 spiro atoms. The highest BCUT2D eigenvalue weighted by molar-refractivity contribution is 6.35. The molecule has 1 heterocycles. The Kier molecular flexibility index (Phi) is 6.97. The maximum absolute atomic E-state index is 6.05. The first kappa shape index (κ1) is 17.4. The maximum Gasteiger partial charge on any atom is 0.191 e. The number of hydrogen-bond donors (Lipinski definition) is 3. The van der Waals surface area contributed by atoms with Gasteiger partial charge in [0.1, 0.15) is 5.82 Å². The smallest absolute Gasteiger partial charge is 0.191 e. The number of nitrogens with one attached hydrogen (secondary N) is 3. The molecule has 3 N–H and O–H groups in total. The monoisotopic (exact) mass is 351 g/mol. The molecule has 23 heavy (non-hydrogen) atoms. The first-order chi connectivity index (χ1) is 11.2. The molecule has 0 atom stereocenters. The van der Waals surface area contributed by atoms with Gasteiger partial charge in [0.05, 0.1) is 10.0 Å². The molecule has 7 heteroatoms. The van der Waals surface area contributed by atoms with E-state index in [4.69, 9.17) is 23.2 Å². The van der Waals surface area contributed by atoms with E-state index in [0.717, 1.165) is 12.5 Å². The van der Waals surface area contributed by atoms with Crippen LogP contribution >= 0.6 is 23.2 Å². The Bertz CT molecular complexity index is 646. The van der Waals surface area contributed by atoms with Crippen molar-refractivity contribution >= 4 is 35.0 Å². The molecule has 0 saturated carbocycles. The van der Waals surface area contributed by atoms with Gasteiger partial charge in [0.15, 0.2) is 5.96 Å². The normalized spacial score (nSPS) is 11.2. The number of halogens is 2. The number of aromatic nitrogens is 1. The Morgan fingerprint density at radius 3 is 2.61 bits per heavy atom. The van der Waals surface area contributed by atoms with Gasteiger partial charge in [0, 0.05) is 32.9 Å². The van der Waals surface area contributed by atoms with Crippen LogP contribution in [0.5, 0.6) is 0 Å². The van der Waals surface area contributed by atoms with Gasteiger partial charge in [-0.2, -0.15) is 0 Å². The average molecular weight is 352 g/mol. The van der Waals surface area contributed by atoms with Gasteiger partial charge >= 0.3 is 0 Å². The van der Waals surface area contributed by atoms with E-state index < -0.39 is 0 Å². The lowest BCUT2D eigenvalue weighted by Gasteiger charge is -2.13. The SMILES string of the molecule is CN=C(NCCNc1ncc(Cl)cc1Cl)NCc1ccccc1. The molecule has 2 rings (SSSR count). The number of anilines is 1. The third-order valence-electron chi connectivity index (χ3n) is 3.04. The van der Waals surface area contributed by atoms with Crippen LogP contribution in [0.2, 0.25) is 10.0 Å². The fourth-order valence-corrected chi connectivity index (χ4v) is 2.36. The first-order valence-electron chi connectivity index (χ1n) is 7.22. The van der Waals surface area contributed by atoms with Gasteiger partial charge in [0.2, 0.25) is 0 Å². The molecule has 0 radical (unpaired) electrons. The number of hydrogen-bond acceptors (Lipinski definition) is 3. The highest BCUT2D eigenvalue weighted by Crippen LogP contribution is 2.21. The third-order valence-corrected chi connectivity index (χ3v) is 3.54. The molecule has 122 valence electrons. The van der Waals surface area contributed by atoms with Crippen molar-refractivity contribution in [2.75, 3.05) is 25.5 Å². The van der Waals surface area contributed by atoms with Crippen molar-refractivity contribution in [3.8, 4) is 0 Å². The molecule has 0 aliphatic rings. The summed E-state index contributed by atoms with van der Waals surface area (Å²) in [5.41, 5.74) is 1.20. The lowest BCUT2D eigenvalue weighted by Crippen LogP contribution is -2.39. The van der Waals surface area contributed by atoms with Crippen molar-refractivity contribution in [3.63, 3.8) is 0 Å². The number of nitrogens with zero attached hydrogens (tertiary/aromatic N) is 2. The van der Waals surface area contributed by atoms with E-state index in [1.165, 1.54) is 5.56 Å². The van der Waals surface area contributed by atoms with E-state index in [0.29, 0.717) is 29.0 Å². The van der Waals surface area contributed by atoms with Crippen LogP contribution in [0.3, 0.4) is 0 Å². The summed E-state index contributed by atoms with van der Waals surface area (Å²) in [7, 11) is 1.74. The van der Waals surface area contributed by atoms with Crippen LogP contribution in [0, 0.1) is 0 Å². The minimum atomic E-state index is 0.504. The van der Waals surface area contributed by atoms with E-state index in [1.807, 2.05) is 18.2 Å². The van der Waals surface area contributed by atoms with Crippen LogP contribution in [-0.4, -0.2) is 31.1 Å². The van der Waals surface area contributed by atoms with Gasteiger partial charge in [-0.15, -0.1) is 0 Å². The summed E-state index contributed by atoms with van der Waals surface area (Å²) in [4.78, 5) is 8.33. The van der Waals surface area contributed by atoms with Crippen LogP contribution in [0.4, 0.5) is 5.82 Å². The Labute approximate surface area is 146 Å². The van der Waals surface area contributed by atoms with Crippen LogP contribution in [0.25, 0.3) is 0 Å². The van der Waals surface area contributed by atoms with Gasteiger partial charge in [-0.25, -0.2) is 4.98 Å². The minimum Gasteiger partial charge on any atom is -0.367 e. The molecule has 2 aromatic rings. The van der Waals surface area contributed by atoms with E-state index in [9.17, 15) is 0 Å². The topological polar surface area (TPSA) is 61.3 Å². The van der Waals surface area contributed by atoms with Crippen LogP contribution in [0.1, 0.15) is 5.56 Å². The van der Waals surface area contributed by atoms with Gasteiger partial charge in [-0.3, -0.25) is 4.99 Å². The molecule has 0 bridgehead atoms. The average Bonchev–Trinajstić information content (AvgIpc) is 2.57. The molecule has 0 saturated heterocycles. The van der Waals surface area contributed by atoms with Crippen molar-refractivity contribution < 1.29 is 0 Å². The number of guanidine groups is 1. The van der Waals surface area contributed by atoms with Gasteiger partial charge in [-0.05, 0) is 11.6 Å². The maximum atomic E-state index is 6.05. The predicted octanol–water partition coefficient (Wildman–Crippen LogP) is 3.17. The lowest BCUT2D eigenvalue weighted by atomic mass is 10.2. The standard InChI is InChI=1S/C16H19Cl2N5/c1-19-16(23-10-12-5-3-2-4-6-12)21-8-7-20-15-14(18)9-13(17)11-22-15/h2-6,9,11H,7-8,10H2,1H3,(H,20,22)(H2,19,21,23). The molecule has 0 aliphatic heterocycles. The third kappa shape index (κ3) is 5.96. The summed E-state index contributed by atoms with van der Waals surface area (Å²) in [6.07, 6.45) is 1.56. The van der Waals surface area contributed by atoms with Crippen molar-refractivity contribution in [2.45, 2.75) is 6.54 Å². The van der Waals surface area contributed by atoms with Gasteiger partial charge < -0.3 is 16.0 Å². The van der Waals surface area contributed by atoms with E-state index in [2.05, 4.69) is 38.1 Å². The summed E-state index contributed by atoms with van der Waals surface area (Å²) in [5, 5.41) is 10.6. The van der Waals surface area contributed by atoms with Crippen molar-refractivity contribution in [1.29, 1.82) is 0 Å². The zero-order valence-electron chi connectivity index (χ0n) is 12.8. The summed E-state index contributed by atoms with van der Waals surface area (Å²) in [6.45, 7) is 2.05.